The van der Waals surface area contributed by atoms with Crippen LogP contribution in [0.5, 0.6) is 0 Å². The number of aromatic nitrogens is 1. The fourth-order valence-corrected chi connectivity index (χ4v) is 3.31. The van der Waals surface area contributed by atoms with E-state index in [1.165, 1.54) is 18.5 Å². The number of benzene rings is 1. The van der Waals surface area contributed by atoms with E-state index in [0.717, 1.165) is 10.6 Å². The summed E-state index contributed by atoms with van der Waals surface area (Å²) in [6.45, 7) is 1.11. The minimum Gasteiger partial charge on any atom is -0.331 e. The molecular formula is C16H17ClN2OS. The molecular weight excluding hydrogens is 304 g/mol. The quantitative estimate of drug-likeness (QED) is 0.759. The summed E-state index contributed by atoms with van der Waals surface area (Å²) in [6, 6.07) is 9.97. The molecule has 0 spiro atoms. The smallest absolute Gasteiger partial charge is 0.238 e. The van der Waals surface area contributed by atoms with Crippen molar-refractivity contribution in [1.29, 1.82) is 0 Å². The van der Waals surface area contributed by atoms with Gasteiger partial charge < -0.3 is 4.90 Å². The predicted octanol–water partition coefficient (Wildman–Crippen LogP) is 3.79. The number of hydrogen-bond donors (Lipinski definition) is 0. The second kappa shape index (κ2) is 6.58. The third-order valence-electron chi connectivity index (χ3n) is 3.57. The predicted molar refractivity (Wildman–Crippen MR) is 85.5 cm³/mol. The number of carbonyl (C=O) groups is 1. The van der Waals surface area contributed by atoms with E-state index in [9.17, 15) is 4.79 Å². The topological polar surface area (TPSA) is 33.2 Å². The third-order valence-corrected chi connectivity index (χ3v) is 4.65. The number of carbonyl (C=O) groups excluding carboxylic acids is 1. The lowest BCUT2D eigenvalue weighted by Crippen LogP contribution is -2.31. The van der Waals surface area contributed by atoms with Gasteiger partial charge in [-0.15, -0.1) is 22.9 Å². The van der Waals surface area contributed by atoms with Gasteiger partial charge in [0, 0.05) is 17.8 Å². The van der Waals surface area contributed by atoms with Gasteiger partial charge in [-0.3, -0.25) is 4.79 Å². The molecule has 1 heterocycles. The summed E-state index contributed by atoms with van der Waals surface area (Å²) < 4.78 is 0. The lowest BCUT2D eigenvalue weighted by atomic mass is 10.2. The molecule has 21 heavy (non-hydrogen) atoms. The zero-order valence-electron chi connectivity index (χ0n) is 11.7. The molecule has 0 N–H and O–H groups in total. The van der Waals surface area contributed by atoms with Gasteiger partial charge in [-0.2, -0.15) is 0 Å². The number of alkyl halides is 1. The van der Waals surface area contributed by atoms with Crippen LogP contribution in [-0.2, 0) is 17.9 Å². The van der Waals surface area contributed by atoms with Crippen molar-refractivity contribution in [3.05, 3.63) is 52.0 Å². The van der Waals surface area contributed by atoms with Crippen molar-refractivity contribution < 1.29 is 4.79 Å². The second-order valence-electron chi connectivity index (χ2n) is 5.31. The first-order valence-corrected chi connectivity index (χ1v) is 8.49. The van der Waals surface area contributed by atoms with Crippen molar-refractivity contribution in [2.24, 2.45) is 0 Å². The first-order valence-electron chi connectivity index (χ1n) is 7.08. The number of halogens is 1. The van der Waals surface area contributed by atoms with Crippen molar-refractivity contribution in [2.75, 3.05) is 5.88 Å². The van der Waals surface area contributed by atoms with Crippen LogP contribution in [0.2, 0.25) is 0 Å². The fourth-order valence-electron chi connectivity index (χ4n) is 2.25. The van der Waals surface area contributed by atoms with Crippen molar-refractivity contribution in [3.8, 4) is 0 Å². The average molecular weight is 321 g/mol. The Hall–Kier alpha value is -1.39. The van der Waals surface area contributed by atoms with Gasteiger partial charge in [0.25, 0.3) is 0 Å². The number of hydrogen-bond acceptors (Lipinski definition) is 3. The molecule has 1 aliphatic rings. The van der Waals surface area contributed by atoms with Gasteiger partial charge in [0.15, 0.2) is 0 Å². The number of rotatable bonds is 6. The Bertz CT molecular complexity index is 610. The summed E-state index contributed by atoms with van der Waals surface area (Å²) in [7, 11) is 0. The Morgan fingerprint density at radius 2 is 2.05 bits per heavy atom. The minimum absolute atomic E-state index is 0.00763. The molecule has 5 heteroatoms. The summed E-state index contributed by atoms with van der Waals surface area (Å²) in [5, 5.41) is 3.12. The highest BCUT2D eigenvalue weighted by Gasteiger charge is 2.26. The van der Waals surface area contributed by atoms with Crippen LogP contribution in [-0.4, -0.2) is 21.7 Å². The highest BCUT2D eigenvalue weighted by Crippen LogP contribution is 2.40. The van der Waals surface area contributed by atoms with Crippen molar-refractivity contribution in [1.82, 2.24) is 9.88 Å². The standard InChI is InChI=1S/C16H17ClN2OS/c17-8-16(20)19(9-12-4-2-1-3-5-12)10-15-18-14(11-21-15)13-6-7-13/h1-5,11,13H,6-10H2. The molecule has 0 saturated heterocycles. The molecule has 0 atom stereocenters. The lowest BCUT2D eigenvalue weighted by Gasteiger charge is -2.20. The van der Waals surface area contributed by atoms with Crippen molar-refractivity contribution in [2.45, 2.75) is 31.8 Å². The summed E-state index contributed by atoms with van der Waals surface area (Å²) in [5.41, 5.74) is 2.29. The monoisotopic (exact) mass is 320 g/mol. The molecule has 1 amide bonds. The second-order valence-corrected chi connectivity index (χ2v) is 6.52. The molecule has 1 aliphatic carbocycles. The molecule has 1 saturated carbocycles. The first kappa shape index (κ1) is 14.5. The maximum Gasteiger partial charge on any atom is 0.238 e. The molecule has 0 aliphatic heterocycles. The van der Waals surface area contributed by atoms with E-state index in [-0.39, 0.29) is 11.8 Å². The van der Waals surface area contributed by atoms with Gasteiger partial charge in [0.1, 0.15) is 10.9 Å². The maximum atomic E-state index is 12.0. The van der Waals surface area contributed by atoms with Crippen molar-refractivity contribution >= 4 is 28.8 Å². The van der Waals surface area contributed by atoms with Crippen molar-refractivity contribution in [3.63, 3.8) is 0 Å². The Morgan fingerprint density at radius 1 is 1.29 bits per heavy atom. The van der Waals surface area contributed by atoms with E-state index in [4.69, 9.17) is 11.6 Å². The molecule has 0 unspecified atom stereocenters. The zero-order valence-corrected chi connectivity index (χ0v) is 13.2. The van der Waals surface area contributed by atoms with Gasteiger partial charge in [-0.1, -0.05) is 30.3 Å². The highest BCUT2D eigenvalue weighted by atomic mass is 35.5. The molecule has 0 bridgehead atoms. The lowest BCUT2D eigenvalue weighted by molar-refractivity contribution is -0.129. The normalized spacial score (nSPS) is 14.1. The Balaban J connectivity index is 1.70. The van der Waals surface area contributed by atoms with E-state index >= 15 is 0 Å². The number of thiazole rings is 1. The molecule has 1 aromatic heterocycles. The van der Waals surface area contributed by atoms with Crippen LogP contribution < -0.4 is 0 Å². The van der Waals surface area contributed by atoms with Crippen LogP contribution in [0.4, 0.5) is 0 Å². The largest absolute Gasteiger partial charge is 0.331 e. The highest BCUT2D eigenvalue weighted by molar-refractivity contribution is 7.09. The van der Waals surface area contributed by atoms with Crippen LogP contribution in [0.3, 0.4) is 0 Å². The molecule has 2 aromatic rings. The fraction of sp³-hybridized carbons (Fsp3) is 0.375. The summed E-state index contributed by atoms with van der Waals surface area (Å²) >= 11 is 7.37. The summed E-state index contributed by atoms with van der Waals surface area (Å²) in [4.78, 5) is 18.5. The molecule has 3 rings (SSSR count). The molecule has 1 fully saturated rings. The maximum absolute atomic E-state index is 12.0. The molecule has 1 aromatic carbocycles. The van der Waals surface area contributed by atoms with Gasteiger partial charge in [0.2, 0.25) is 5.91 Å². The summed E-state index contributed by atoms with van der Waals surface area (Å²) in [5.74, 6) is 0.609. The number of nitrogens with zero attached hydrogens (tertiary/aromatic N) is 2. The molecule has 110 valence electrons. The van der Waals surface area contributed by atoms with E-state index < -0.39 is 0 Å². The van der Waals surface area contributed by atoms with Crippen LogP contribution in [0.15, 0.2) is 35.7 Å². The third kappa shape index (κ3) is 3.83. The van der Waals surface area contributed by atoms with E-state index in [0.29, 0.717) is 19.0 Å². The average Bonchev–Trinajstić information content (AvgIpc) is 3.27. The Kier molecular flexibility index (Phi) is 4.56. The zero-order chi connectivity index (χ0) is 14.7. The van der Waals surface area contributed by atoms with Gasteiger partial charge in [-0.25, -0.2) is 4.98 Å². The molecule has 3 nitrogen and oxygen atoms in total. The SMILES string of the molecule is O=C(CCl)N(Cc1ccccc1)Cc1nc(C2CC2)cs1. The van der Waals surface area contributed by atoms with Crippen LogP contribution in [0.1, 0.15) is 35.0 Å². The summed E-state index contributed by atoms with van der Waals surface area (Å²) in [6.07, 6.45) is 2.50. The van der Waals surface area contributed by atoms with E-state index in [1.54, 1.807) is 16.2 Å². The van der Waals surface area contributed by atoms with Crippen LogP contribution in [0.25, 0.3) is 0 Å². The minimum atomic E-state index is -0.0521. The Morgan fingerprint density at radius 3 is 2.71 bits per heavy atom. The van der Waals surface area contributed by atoms with Crippen LogP contribution >= 0.6 is 22.9 Å². The van der Waals surface area contributed by atoms with Crippen LogP contribution in [0, 0.1) is 0 Å². The Labute approximate surface area is 133 Å². The van der Waals surface area contributed by atoms with Gasteiger partial charge in [0.05, 0.1) is 12.2 Å². The van der Waals surface area contributed by atoms with Gasteiger partial charge in [-0.05, 0) is 18.4 Å². The first-order chi connectivity index (χ1) is 10.3. The van der Waals surface area contributed by atoms with E-state index in [2.05, 4.69) is 10.4 Å². The van der Waals surface area contributed by atoms with Gasteiger partial charge >= 0.3 is 0 Å². The number of amides is 1. The van der Waals surface area contributed by atoms with E-state index in [1.807, 2.05) is 30.3 Å². The molecule has 0 radical (unpaired) electrons.